The summed E-state index contributed by atoms with van der Waals surface area (Å²) < 4.78 is 5.35. The largest absolute Gasteiger partial charge is 0.466 e. The zero-order valence-corrected chi connectivity index (χ0v) is 20.6. The molecule has 0 aromatic carbocycles. The van der Waals surface area contributed by atoms with E-state index in [4.69, 9.17) is 4.74 Å². The Balaban J connectivity index is 3.13. The maximum Gasteiger partial charge on any atom is 0.305 e. The zero-order valence-electron chi connectivity index (χ0n) is 20.6. The molecule has 0 bridgehead atoms. The van der Waals surface area contributed by atoms with Gasteiger partial charge in [-0.15, -0.1) is 0 Å². The molecule has 29 heavy (non-hydrogen) atoms. The van der Waals surface area contributed by atoms with E-state index in [-0.39, 0.29) is 5.97 Å². The number of unbranched alkanes of at least 4 members (excludes halogenated alkanes) is 14. The number of hydrogen-bond acceptors (Lipinski definition) is 2. The molecule has 2 heteroatoms. The summed E-state index contributed by atoms with van der Waals surface area (Å²) in [4.78, 5) is 11.7. The fourth-order valence-electron chi connectivity index (χ4n) is 3.86. The summed E-state index contributed by atoms with van der Waals surface area (Å²) in [6, 6.07) is 0. The van der Waals surface area contributed by atoms with Crippen molar-refractivity contribution in [3.63, 3.8) is 0 Å². The Morgan fingerprint density at radius 2 is 0.862 bits per heavy atom. The number of rotatable bonds is 22. The van der Waals surface area contributed by atoms with E-state index in [1.807, 2.05) is 0 Å². The summed E-state index contributed by atoms with van der Waals surface area (Å²) in [6.07, 6.45) is 24.4. The standard InChI is InChI=1S/C27H54O2/c1-25(2)21-17-14-12-10-8-6-5-7-9-11-13-15-20-24-29-27(28)23-19-16-18-22-26(3)4/h25-26H,5-24H2,1-4H3. The third-order valence-corrected chi connectivity index (χ3v) is 5.85. The Bertz CT molecular complexity index is 335. The highest BCUT2D eigenvalue weighted by molar-refractivity contribution is 5.69. The van der Waals surface area contributed by atoms with Gasteiger partial charge in [0.05, 0.1) is 6.61 Å². The molecule has 0 N–H and O–H groups in total. The minimum Gasteiger partial charge on any atom is -0.466 e. The monoisotopic (exact) mass is 410 g/mol. The lowest BCUT2D eigenvalue weighted by Gasteiger charge is -2.06. The second-order valence-corrected chi connectivity index (χ2v) is 9.99. The van der Waals surface area contributed by atoms with Gasteiger partial charge in [0.1, 0.15) is 0 Å². The van der Waals surface area contributed by atoms with Crippen LogP contribution < -0.4 is 0 Å². The van der Waals surface area contributed by atoms with Crippen LogP contribution in [0.4, 0.5) is 0 Å². The highest BCUT2D eigenvalue weighted by Crippen LogP contribution is 2.14. The van der Waals surface area contributed by atoms with E-state index < -0.39 is 0 Å². The molecule has 0 heterocycles. The molecule has 2 nitrogen and oxygen atoms in total. The molecule has 0 unspecified atom stereocenters. The van der Waals surface area contributed by atoms with Gasteiger partial charge in [0.15, 0.2) is 0 Å². The van der Waals surface area contributed by atoms with Crippen LogP contribution in [0.3, 0.4) is 0 Å². The van der Waals surface area contributed by atoms with Crippen molar-refractivity contribution >= 4 is 5.97 Å². The van der Waals surface area contributed by atoms with E-state index >= 15 is 0 Å². The predicted octanol–water partition coefficient (Wildman–Crippen LogP) is 9.25. The van der Waals surface area contributed by atoms with Crippen LogP contribution in [-0.2, 0) is 9.53 Å². The molecule has 174 valence electrons. The van der Waals surface area contributed by atoms with Crippen molar-refractivity contribution in [3.8, 4) is 0 Å². The lowest BCUT2D eigenvalue weighted by molar-refractivity contribution is -0.143. The molecule has 0 aromatic rings. The van der Waals surface area contributed by atoms with Crippen molar-refractivity contribution in [2.75, 3.05) is 6.61 Å². The Hall–Kier alpha value is -0.530. The van der Waals surface area contributed by atoms with E-state index in [2.05, 4.69) is 27.7 Å². The third kappa shape index (κ3) is 25.4. The molecule has 0 saturated heterocycles. The van der Waals surface area contributed by atoms with Crippen LogP contribution in [0.15, 0.2) is 0 Å². The summed E-state index contributed by atoms with van der Waals surface area (Å²) in [5.41, 5.74) is 0. The fraction of sp³-hybridized carbons (Fsp3) is 0.963. The first kappa shape index (κ1) is 28.5. The van der Waals surface area contributed by atoms with Crippen LogP contribution in [0.2, 0.25) is 0 Å². The van der Waals surface area contributed by atoms with Crippen LogP contribution in [0.25, 0.3) is 0 Å². The maximum atomic E-state index is 11.7. The Kier molecular flexibility index (Phi) is 21.8. The lowest BCUT2D eigenvalue weighted by atomic mass is 10.0. The second-order valence-electron chi connectivity index (χ2n) is 9.99. The fourth-order valence-corrected chi connectivity index (χ4v) is 3.86. The molecule has 0 aliphatic carbocycles. The van der Waals surface area contributed by atoms with Crippen molar-refractivity contribution in [2.45, 2.75) is 150 Å². The van der Waals surface area contributed by atoms with Crippen molar-refractivity contribution in [1.82, 2.24) is 0 Å². The summed E-state index contributed by atoms with van der Waals surface area (Å²) in [5.74, 6) is 1.66. The van der Waals surface area contributed by atoms with E-state index in [0.717, 1.165) is 31.1 Å². The Labute approximate surface area is 184 Å². The van der Waals surface area contributed by atoms with Crippen LogP contribution in [0.5, 0.6) is 0 Å². The van der Waals surface area contributed by atoms with Gasteiger partial charge in [0, 0.05) is 6.42 Å². The number of carbonyl (C=O) groups excluding carboxylic acids is 1. The molecule has 0 rings (SSSR count). The topological polar surface area (TPSA) is 26.3 Å². The number of ether oxygens (including phenoxy) is 1. The summed E-state index contributed by atoms with van der Waals surface area (Å²) in [6.45, 7) is 9.79. The first-order chi connectivity index (χ1) is 14.0. The lowest BCUT2D eigenvalue weighted by Crippen LogP contribution is -2.05. The average molecular weight is 411 g/mol. The number of carbonyl (C=O) groups is 1. The van der Waals surface area contributed by atoms with Gasteiger partial charge in [0.2, 0.25) is 0 Å². The summed E-state index contributed by atoms with van der Waals surface area (Å²) >= 11 is 0. The van der Waals surface area contributed by atoms with Gasteiger partial charge in [-0.3, -0.25) is 4.79 Å². The summed E-state index contributed by atoms with van der Waals surface area (Å²) in [5, 5.41) is 0. The Morgan fingerprint density at radius 1 is 0.517 bits per heavy atom. The van der Waals surface area contributed by atoms with Gasteiger partial charge >= 0.3 is 5.97 Å². The molecule has 0 radical (unpaired) electrons. The second kappa shape index (κ2) is 22.2. The minimum absolute atomic E-state index is 0.00877. The smallest absolute Gasteiger partial charge is 0.305 e. The molecular weight excluding hydrogens is 356 g/mol. The molecule has 0 aromatic heterocycles. The van der Waals surface area contributed by atoms with Gasteiger partial charge in [-0.05, 0) is 24.7 Å². The SMILES string of the molecule is CC(C)CCCCCCCCCCCCCCCOC(=O)CCCCCC(C)C. The normalized spacial score (nSPS) is 11.5. The molecular formula is C27H54O2. The number of hydrogen-bond donors (Lipinski definition) is 0. The maximum absolute atomic E-state index is 11.7. The van der Waals surface area contributed by atoms with Crippen LogP contribution >= 0.6 is 0 Å². The van der Waals surface area contributed by atoms with E-state index in [9.17, 15) is 4.79 Å². The van der Waals surface area contributed by atoms with Gasteiger partial charge < -0.3 is 4.74 Å². The minimum atomic E-state index is 0.00877. The van der Waals surface area contributed by atoms with Crippen LogP contribution in [0.1, 0.15) is 150 Å². The van der Waals surface area contributed by atoms with Crippen molar-refractivity contribution in [2.24, 2.45) is 11.8 Å². The first-order valence-electron chi connectivity index (χ1n) is 13.2. The molecule has 0 fully saturated rings. The first-order valence-corrected chi connectivity index (χ1v) is 13.2. The van der Waals surface area contributed by atoms with Crippen molar-refractivity contribution in [1.29, 1.82) is 0 Å². The summed E-state index contributed by atoms with van der Waals surface area (Å²) in [7, 11) is 0. The highest BCUT2D eigenvalue weighted by atomic mass is 16.5. The van der Waals surface area contributed by atoms with Gasteiger partial charge in [-0.2, -0.15) is 0 Å². The van der Waals surface area contributed by atoms with Crippen LogP contribution in [-0.4, -0.2) is 12.6 Å². The molecule has 0 aliphatic heterocycles. The molecule has 0 spiro atoms. The third-order valence-electron chi connectivity index (χ3n) is 5.85. The predicted molar refractivity (Wildman–Crippen MR) is 128 cm³/mol. The van der Waals surface area contributed by atoms with Gasteiger partial charge in [0.25, 0.3) is 0 Å². The van der Waals surface area contributed by atoms with Crippen molar-refractivity contribution in [3.05, 3.63) is 0 Å². The zero-order chi connectivity index (χ0) is 21.6. The Morgan fingerprint density at radius 3 is 1.28 bits per heavy atom. The average Bonchev–Trinajstić information content (AvgIpc) is 2.66. The van der Waals surface area contributed by atoms with E-state index in [0.29, 0.717) is 13.0 Å². The molecule has 0 amide bonds. The van der Waals surface area contributed by atoms with Crippen LogP contribution in [0, 0.1) is 11.8 Å². The molecule has 0 saturated carbocycles. The quantitative estimate of drug-likeness (QED) is 0.131. The van der Waals surface area contributed by atoms with Crippen molar-refractivity contribution < 1.29 is 9.53 Å². The highest BCUT2D eigenvalue weighted by Gasteiger charge is 2.03. The molecule has 0 atom stereocenters. The van der Waals surface area contributed by atoms with Gasteiger partial charge in [-0.25, -0.2) is 0 Å². The van der Waals surface area contributed by atoms with E-state index in [1.165, 1.54) is 96.3 Å². The molecule has 0 aliphatic rings. The van der Waals surface area contributed by atoms with E-state index in [1.54, 1.807) is 0 Å². The van der Waals surface area contributed by atoms with Gasteiger partial charge in [-0.1, -0.05) is 130 Å². The number of esters is 1.